The van der Waals surface area contributed by atoms with Crippen LogP contribution in [-0.2, 0) is 14.3 Å². The van der Waals surface area contributed by atoms with Crippen LogP contribution < -0.4 is 4.90 Å². The average Bonchev–Trinajstić information content (AvgIpc) is 2.97. The number of amides is 1. The fraction of sp³-hybridized carbons (Fsp3) is 0.250. The number of carbonyl (C=O) groups is 2. The van der Waals surface area contributed by atoms with Gasteiger partial charge in [-0.05, 0) is 43.2 Å². The molecule has 1 aliphatic heterocycles. The number of allylic oxidation sites excluding steroid dienone is 1. The summed E-state index contributed by atoms with van der Waals surface area (Å²) in [5.41, 5.74) is 4.19. The molecule has 2 aromatic carbocycles. The molecule has 0 N–H and O–H groups in total. The molecule has 29 heavy (non-hydrogen) atoms. The Kier molecular flexibility index (Phi) is 5.87. The molecule has 0 aromatic heterocycles. The van der Waals surface area contributed by atoms with Crippen LogP contribution in [-0.4, -0.2) is 38.0 Å². The molecule has 2 aromatic rings. The Hall–Kier alpha value is -3.34. The van der Waals surface area contributed by atoms with Gasteiger partial charge in [0.1, 0.15) is 0 Å². The van der Waals surface area contributed by atoms with Crippen LogP contribution in [0.5, 0.6) is 0 Å². The molecular formula is C24H26N2O3. The maximum atomic E-state index is 13.3. The second kappa shape index (κ2) is 8.35. The van der Waals surface area contributed by atoms with Gasteiger partial charge in [-0.15, -0.1) is 0 Å². The highest BCUT2D eigenvalue weighted by Crippen LogP contribution is 2.37. The van der Waals surface area contributed by atoms with Crippen molar-refractivity contribution in [3.05, 3.63) is 82.6 Å². The van der Waals surface area contributed by atoms with Crippen LogP contribution in [0.3, 0.4) is 0 Å². The summed E-state index contributed by atoms with van der Waals surface area (Å²) < 4.78 is 4.98. The van der Waals surface area contributed by atoms with Gasteiger partial charge in [-0.3, -0.25) is 4.79 Å². The lowest BCUT2D eigenvalue weighted by atomic mass is 10.0. The second-order valence-electron chi connectivity index (χ2n) is 7.26. The number of benzene rings is 2. The van der Waals surface area contributed by atoms with E-state index >= 15 is 0 Å². The molecule has 1 amide bonds. The summed E-state index contributed by atoms with van der Waals surface area (Å²) in [6.07, 6.45) is 1.76. The van der Waals surface area contributed by atoms with Crippen molar-refractivity contribution in [1.29, 1.82) is 0 Å². The van der Waals surface area contributed by atoms with Gasteiger partial charge in [-0.2, -0.15) is 0 Å². The Labute approximate surface area is 171 Å². The van der Waals surface area contributed by atoms with E-state index in [1.54, 1.807) is 17.9 Å². The Morgan fingerprint density at radius 3 is 2.24 bits per heavy atom. The molecule has 0 radical (unpaired) electrons. The van der Waals surface area contributed by atoms with Crippen LogP contribution in [0.2, 0.25) is 0 Å². The molecule has 0 unspecified atom stereocenters. The molecule has 5 heteroatoms. The summed E-state index contributed by atoms with van der Waals surface area (Å²) in [6.45, 7) is 3.75. The summed E-state index contributed by atoms with van der Waals surface area (Å²) in [7, 11) is 5.27. The van der Waals surface area contributed by atoms with Gasteiger partial charge in [0.2, 0.25) is 0 Å². The number of anilines is 1. The molecule has 1 atom stereocenters. The van der Waals surface area contributed by atoms with Crippen LogP contribution in [0.25, 0.3) is 6.08 Å². The van der Waals surface area contributed by atoms with E-state index < -0.39 is 5.97 Å². The van der Waals surface area contributed by atoms with Crippen molar-refractivity contribution in [2.75, 3.05) is 26.1 Å². The standard InChI is InChI=1S/C24H26N2O3/c1-16(19-9-7-6-8-10-19)26-17(2)22(24(28)29-5)21(23(26)27)15-18-11-13-20(14-12-18)25(3)4/h6-16H,1-5H3/b21-15-/t16-/m1/s1. The Bertz CT molecular complexity index is 973. The number of methoxy groups -OCH3 is 1. The van der Waals surface area contributed by atoms with E-state index in [0.717, 1.165) is 16.8 Å². The SMILES string of the molecule is COC(=O)C1=C(C)N([C@H](C)c2ccccc2)C(=O)/C1=C\c1ccc(N(C)C)cc1. The lowest BCUT2D eigenvalue weighted by Gasteiger charge is -2.26. The lowest BCUT2D eigenvalue weighted by molar-refractivity contribution is -0.136. The minimum atomic E-state index is -0.505. The Morgan fingerprint density at radius 1 is 1.07 bits per heavy atom. The van der Waals surface area contributed by atoms with E-state index in [2.05, 4.69) is 0 Å². The molecule has 0 saturated heterocycles. The first-order valence-corrected chi connectivity index (χ1v) is 9.52. The summed E-state index contributed by atoms with van der Waals surface area (Å²) in [5, 5.41) is 0. The number of esters is 1. The maximum absolute atomic E-state index is 13.3. The number of hydrogen-bond acceptors (Lipinski definition) is 4. The molecule has 5 nitrogen and oxygen atoms in total. The molecule has 0 fully saturated rings. The first-order chi connectivity index (χ1) is 13.8. The quantitative estimate of drug-likeness (QED) is 0.568. The van der Waals surface area contributed by atoms with E-state index in [1.165, 1.54) is 7.11 Å². The average molecular weight is 390 g/mol. The number of ether oxygens (including phenoxy) is 1. The van der Waals surface area contributed by atoms with Crippen molar-refractivity contribution in [2.24, 2.45) is 0 Å². The van der Waals surface area contributed by atoms with Gasteiger partial charge >= 0.3 is 5.97 Å². The van der Waals surface area contributed by atoms with E-state index in [4.69, 9.17) is 4.74 Å². The fourth-order valence-electron chi connectivity index (χ4n) is 3.58. The van der Waals surface area contributed by atoms with E-state index in [9.17, 15) is 9.59 Å². The van der Waals surface area contributed by atoms with Crippen molar-refractivity contribution in [2.45, 2.75) is 19.9 Å². The zero-order valence-electron chi connectivity index (χ0n) is 17.5. The van der Waals surface area contributed by atoms with Crippen molar-refractivity contribution in [1.82, 2.24) is 4.90 Å². The van der Waals surface area contributed by atoms with Crippen LogP contribution in [0, 0.1) is 0 Å². The highest BCUT2D eigenvalue weighted by atomic mass is 16.5. The topological polar surface area (TPSA) is 49.9 Å². The highest BCUT2D eigenvalue weighted by Gasteiger charge is 2.39. The summed E-state index contributed by atoms with van der Waals surface area (Å²) in [4.78, 5) is 29.5. The molecule has 1 aliphatic rings. The third kappa shape index (κ3) is 3.94. The van der Waals surface area contributed by atoms with Gasteiger partial charge in [0, 0.05) is 25.5 Å². The van der Waals surface area contributed by atoms with Crippen LogP contribution in [0.4, 0.5) is 5.69 Å². The summed E-state index contributed by atoms with van der Waals surface area (Å²) in [5.74, 6) is -0.703. The monoisotopic (exact) mass is 390 g/mol. The van der Waals surface area contributed by atoms with Crippen molar-refractivity contribution in [3.8, 4) is 0 Å². The van der Waals surface area contributed by atoms with Crippen molar-refractivity contribution in [3.63, 3.8) is 0 Å². The minimum absolute atomic E-state index is 0.198. The van der Waals surface area contributed by atoms with Gasteiger partial charge in [-0.1, -0.05) is 42.5 Å². The molecule has 0 saturated carbocycles. The molecule has 0 aliphatic carbocycles. The molecular weight excluding hydrogens is 364 g/mol. The third-order valence-electron chi connectivity index (χ3n) is 5.22. The maximum Gasteiger partial charge on any atom is 0.340 e. The van der Waals surface area contributed by atoms with Gasteiger partial charge in [0.15, 0.2) is 0 Å². The van der Waals surface area contributed by atoms with Crippen LogP contribution in [0.15, 0.2) is 71.4 Å². The Balaban J connectivity index is 2.04. The Morgan fingerprint density at radius 2 is 1.69 bits per heavy atom. The number of hydrogen-bond donors (Lipinski definition) is 0. The van der Waals surface area contributed by atoms with Crippen molar-refractivity contribution < 1.29 is 14.3 Å². The number of carbonyl (C=O) groups excluding carboxylic acids is 2. The zero-order valence-corrected chi connectivity index (χ0v) is 17.5. The molecule has 150 valence electrons. The van der Waals surface area contributed by atoms with Gasteiger partial charge < -0.3 is 14.5 Å². The van der Waals surface area contributed by atoms with E-state index in [-0.39, 0.29) is 11.9 Å². The minimum Gasteiger partial charge on any atom is -0.465 e. The van der Waals surface area contributed by atoms with Gasteiger partial charge in [0.25, 0.3) is 5.91 Å². The molecule has 1 heterocycles. The van der Waals surface area contributed by atoms with Gasteiger partial charge in [0.05, 0.1) is 24.3 Å². The first kappa shape index (κ1) is 20.4. The van der Waals surface area contributed by atoms with E-state index in [0.29, 0.717) is 16.8 Å². The fourth-order valence-corrected chi connectivity index (χ4v) is 3.58. The largest absolute Gasteiger partial charge is 0.465 e. The lowest BCUT2D eigenvalue weighted by Crippen LogP contribution is -2.28. The van der Waals surface area contributed by atoms with Crippen LogP contribution >= 0.6 is 0 Å². The normalized spacial score (nSPS) is 16.4. The molecule has 0 bridgehead atoms. The van der Waals surface area contributed by atoms with Crippen molar-refractivity contribution >= 4 is 23.6 Å². The predicted molar refractivity (Wildman–Crippen MR) is 115 cm³/mol. The second-order valence-corrected chi connectivity index (χ2v) is 7.26. The first-order valence-electron chi connectivity index (χ1n) is 9.52. The highest BCUT2D eigenvalue weighted by molar-refractivity contribution is 6.16. The summed E-state index contributed by atoms with van der Waals surface area (Å²) in [6, 6.07) is 17.4. The summed E-state index contributed by atoms with van der Waals surface area (Å²) >= 11 is 0. The molecule has 3 rings (SSSR count). The third-order valence-corrected chi connectivity index (χ3v) is 5.22. The molecule has 0 spiro atoms. The van der Waals surface area contributed by atoms with Crippen LogP contribution in [0.1, 0.15) is 31.0 Å². The number of rotatable bonds is 5. The van der Waals surface area contributed by atoms with E-state index in [1.807, 2.05) is 80.5 Å². The predicted octanol–water partition coefficient (Wildman–Crippen LogP) is 4.19. The number of nitrogens with zero attached hydrogens (tertiary/aromatic N) is 2. The smallest absolute Gasteiger partial charge is 0.340 e. The van der Waals surface area contributed by atoms with Gasteiger partial charge in [-0.25, -0.2) is 4.79 Å². The zero-order chi connectivity index (χ0) is 21.1.